The molecule has 0 aliphatic rings. The normalized spacial score (nSPS) is 11.9. The van der Waals surface area contributed by atoms with Crippen LogP contribution in [-0.4, -0.2) is 17.0 Å². The fourth-order valence-electron chi connectivity index (χ4n) is 1.73. The van der Waals surface area contributed by atoms with Crippen LogP contribution in [0.4, 0.5) is 0 Å². The van der Waals surface area contributed by atoms with Crippen LogP contribution in [0.25, 0.3) is 0 Å². The van der Waals surface area contributed by atoms with Gasteiger partial charge in [0.2, 0.25) is 5.91 Å². The second-order valence-electron chi connectivity index (χ2n) is 4.45. The lowest BCUT2D eigenvalue weighted by Gasteiger charge is -2.14. The lowest BCUT2D eigenvalue weighted by atomic mass is 10.1. The van der Waals surface area contributed by atoms with Crippen molar-refractivity contribution in [2.24, 2.45) is 0 Å². The molecule has 104 valence electrons. The molecule has 0 aliphatic heterocycles. The predicted molar refractivity (Wildman–Crippen MR) is 74.1 cm³/mol. The largest absolute Gasteiger partial charge is 0.481 e. The van der Waals surface area contributed by atoms with Gasteiger partial charge in [-0.2, -0.15) is 0 Å². The van der Waals surface area contributed by atoms with E-state index in [1.807, 2.05) is 25.1 Å². The highest BCUT2D eigenvalue weighted by atomic mass is 35.5. The zero-order valence-electron chi connectivity index (χ0n) is 10.9. The second-order valence-corrected chi connectivity index (χ2v) is 4.88. The fourth-order valence-corrected chi connectivity index (χ4v) is 1.93. The third-order valence-electron chi connectivity index (χ3n) is 2.77. The topological polar surface area (TPSA) is 66.4 Å². The van der Waals surface area contributed by atoms with Gasteiger partial charge < -0.3 is 10.4 Å². The Morgan fingerprint density at radius 2 is 2.00 bits per heavy atom. The Labute approximate surface area is 117 Å². The van der Waals surface area contributed by atoms with E-state index in [-0.39, 0.29) is 18.4 Å². The SMILES string of the molecule is C[C@H](NC(=O)CCCCC(=O)O)c1cccc(Cl)c1. The first-order valence-electron chi connectivity index (χ1n) is 6.25. The number of hydrogen-bond acceptors (Lipinski definition) is 2. The molecular weight excluding hydrogens is 266 g/mol. The van der Waals surface area contributed by atoms with Crippen molar-refractivity contribution in [2.75, 3.05) is 0 Å². The molecule has 1 atom stereocenters. The maximum Gasteiger partial charge on any atom is 0.303 e. The van der Waals surface area contributed by atoms with E-state index in [0.29, 0.717) is 24.3 Å². The molecule has 0 heterocycles. The van der Waals surface area contributed by atoms with Crippen molar-refractivity contribution >= 4 is 23.5 Å². The number of carbonyl (C=O) groups is 2. The van der Waals surface area contributed by atoms with Gasteiger partial charge in [0.15, 0.2) is 0 Å². The van der Waals surface area contributed by atoms with Gasteiger partial charge in [0.05, 0.1) is 6.04 Å². The molecule has 2 N–H and O–H groups in total. The van der Waals surface area contributed by atoms with Crippen molar-refractivity contribution in [1.82, 2.24) is 5.32 Å². The second kappa shape index (κ2) is 7.79. The van der Waals surface area contributed by atoms with Gasteiger partial charge in [0, 0.05) is 17.9 Å². The maximum absolute atomic E-state index is 11.7. The number of benzene rings is 1. The number of unbranched alkanes of at least 4 members (excludes halogenated alkanes) is 1. The number of carbonyl (C=O) groups excluding carboxylic acids is 1. The van der Waals surface area contributed by atoms with Gasteiger partial charge in [-0.15, -0.1) is 0 Å². The molecule has 0 saturated carbocycles. The molecule has 19 heavy (non-hydrogen) atoms. The third kappa shape index (κ3) is 6.25. The highest BCUT2D eigenvalue weighted by Crippen LogP contribution is 2.17. The summed E-state index contributed by atoms with van der Waals surface area (Å²) in [6, 6.07) is 7.24. The minimum Gasteiger partial charge on any atom is -0.481 e. The van der Waals surface area contributed by atoms with E-state index in [1.165, 1.54) is 0 Å². The highest BCUT2D eigenvalue weighted by Gasteiger charge is 2.09. The molecule has 0 aromatic heterocycles. The third-order valence-corrected chi connectivity index (χ3v) is 3.01. The number of nitrogens with one attached hydrogen (secondary N) is 1. The number of hydrogen-bond donors (Lipinski definition) is 2. The Morgan fingerprint density at radius 1 is 1.32 bits per heavy atom. The van der Waals surface area contributed by atoms with Crippen LogP contribution in [0.3, 0.4) is 0 Å². The molecule has 5 heteroatoms. The fraction of sp³-hybridized carbons (Fsp3) is 0.429. The number of amides is 1. The average molecular weight is 284 g/mol. The summed E-state index contributed by atoms with van der Waals surface area (Å²) >= 11 is 5.89. The Bertz CT molecular complexity index is 448. The number of rotatable bonds is 7. The predicted octanol–water partition coefficient (Wildman–Crippen LogP) is 3.16. The number of carboxylic acids is 1. The standard InChI is InChI=1S/C14H18ClNO3/c1-10(11-5-4-6-12(15)9-11)16-13(17)7-2-3-8-14(18)19/h4-6,9-10H,2-3,7-8H2,1H3,(H,16,17)(H,18,19)/t10-/m0/s1. The number of carboxylic acid groups (broad SMARTS) is 1. The number of aliphatic carboxylic acids is 1. The van der Waals surface area contributed by atoms with Crippen LogP contribution in [0.5, 0.6) is 0 Å². The molecule has 0 spiro atoms. The highest BCUT2D eigenvalue weighted by molar-refractivity contribution is 6.30. The molecule has 1 rings (SSSR count). The van der Waals surface area contributed by atoms with E-state index in [9.17, 15) is 9.59 Å². The van der Waals surface area contributed by atoms with Crippen molar-refractivity contribution in [3.63, 3.8) is 0 Å². The van der Waals surface area contributed by atoms with E-state index in [4.69, 9.17) is 16.7 Å². The molecule has 1 amide bonds. The smallest absolute Gasteiger partial charge is 0.303 e. The minimum absolute atomic E-state index is 0.0714. The molecule has 1 aromatic carbocycles. The quantitative estimate of drug-likeness (QED) is 0.755. The van der Waals surface area contributed by atoms with Gasteiger partial charge in [-0.1, -0.05) is 23.7 Å². The van der Waals surface area contributed by atoms with Gasteiger partial charge in [-0.3, -0.25) is 9.59 Å². The van der Waals surface area contributed by atoms with Gasteiger partial charge in [0.25, 0.3) is 0 Å². The monoisotopic (exact) mass is 283 g/mol. The van der Waals surface area contributed by atoms with E-state index in [1.54, 1.807) is 6.07 Å². The molecule has 4 nitrogen and oxygen atoms in total. The van der Waals surface area contributed by atoms with Crippen molar-refractivity contribution in [1.29, 1.82) is 0 Å². The zero-order chi connectivity index (χ0) is 14.3. The van der Waals surface area contributed by atoms with Gasteiger partial charge in [-0.25, -0.2) is 0 Å². The molecule has 0 bridgehead atoms. The summed E-state index contributed by atoms with van der Waals surface area (Å²) in [5.74, 6) is -0.898. The van der Waals surface area contributed by atoms with E-state index >= 15 is 0 Å². The molecule has 0 aliphatic carbocycles. The summed E-state index contributed by atoms with van der Waals surface area (Å²) in [5, 5.41) is 12.0. The van der Waals surface area contributed by atoms with Crippen LogP contribution in [0.15, 0.2) is 24.3 Å². The van der Waals surface area contributed by atoms with Crippen molar-refractivity contribution in [3.8, 4) is 0 Å². The summed E-state index contributed by atoms with van der Waals surface area (Å²) in [7, 11) is 0. The summed E-state index contributed by atoms with van der Waals surface area (Å²) in [5.41, 5.74) is 0.950. The van der Waals surface area contributed by atoms with Gasteiger partial charge in [0.1, 0.15) is 0 Å². The van der Waals surface area contributed by atoms with Crippen LogP contribution in [0, 0.1) is 0 Å². The summed E-state index contributed by atoms with van der Waals surface area (Å²) in [4.78, 5) is 22.0. The van der Waals surface area contributed by atoms with Gasteiger partial charge >= 0.3 is 5.97 Å². The van der Waals surface area contributed by atoms with Crippen molar-refractivity contribution in [2.45, 2.75) is 38.6 Å². The van der Waals surface area contributed by atoms with Crippen LogP contribution in [0.1, 0.15) is 44.2 Å². The maximum atomic E-state index is 11.7. The molecule has 0 unspecified atom stereocenters. The molecular formula is C14H18ClNO3. The zero-order valence-corrected chi connectivity index (χ0v) is 11.6. The lowest BCUT2D eigenvalue weighted by molar-refractivity contribution is -0.137. The summed E-state index contributed by atoms with van der Waals surface area (Å²) < 4.78 is 0. The summed E-state index contributed by atoms with van der Waals surface area (Å²) in [6.07, 6.45) is 1.56. The molecule has 0 radical (unpaired) electrons. The number of halogens is 1. The summed E-state index contributed by atoms with van der Waals surface area (Å²) in [6.45, 7) is 1.89. The van der Waals surface area contributed by atoms with E-state index in [2.05, 4.69) is 5.32 Å². The van der Waals surface area contributed by atoms with Crippen molar-refractivity contribution < 1.29 is 14.7 Å². The first-order valence-corrected chi connectivity index (χ1v) is 6.63. The molecule has 0 fully saturated rings. The van der Waals surface area contributed by atoms with E-state index < -0.39 is 5.97 Å². The van der Waals surface area contributed by atoms with Crippen molar-refractivity contribution in [3.05, 3.63) is 34.9 Å². The Morgan fingerprint density at radius 3 is 2.63 bits per heavy atom. The molecule has 0 saturated heterocycles. The first-order chi connectivity index (χ1) is 8.99. The lowest BCUT2D eigenvalue weighted by Crippen LogP contribution is -2.26. The van der Waals surface area contributed by atoms with Crippen LogP contribution >= 0.6 is 11.6 Å². The van der Waals surface area contributed by atoms with Gasteiger partial charge in [-0.05, 0) is 37.5 Å². The molecule has 1 aromatic rings. The first kappa shape index (κ1) is 15.5. The minimum atomic E-state index is -0.826. The van der Waals surface area contributed by atoms with Crippen LogP contribution < -0.4 is 5.32 Å². The van der Waals surface area contributed by atoms with E-state index in [0.717, 1.165) is 5.56 Å². The van der Waals surface area contributed by atoms with Crippen LogP contribution in [-0.2, 0) is 9.59 Å². The Balaban J connectivity index is 2.34. The Kier molecular flexibility index (Phi) is 6.36. The van der Waals surface area contributed by atoms with Crippen LogP contribution in [0.2, 0.25) is 5.02 Å². The Hall–Kier alpha value is -1.55. The average Bonchev–Trinajstić information content (AvgIpc) is 2.34.